The minimum absolute atomic E-state index is 0.595. The minimum atomic E-state index is 0.595. The van der Waals surface area contributed by atoms with Gasteiger partial charge in [-0.25, -0.2) is 4.98 Å². The first-order valence-electron chi connectivity index (χ1n) is 5.03. The van der Waals surface area contributed by atoms with E-state index in [2.05, 4.69) is 16.4 Å². The average molecular weight is 264 g/mol. The third kappa shape index (κ3) is 2.76. The Kier molecular flexibility index (Phi) is 3.62. The van der Waals surface area contributed by atoms with Crippen molar-refractivity contribution < 1.29 is 0 Å². The van der Waals surface area contributed by atoms with Crippen LogP contribution in [0.3, 0.4) is 0 Å². The standard InChI is InChI=1S/C12H10ClN3S/c1-8-12(17-7-16-8)6-15-11-4-9(5-14)2-3-10(11)13/h2-4,7,15H,6H2,1H3. The molecule has 0 aliphatic heterocycles. The lowest BCUT2D eigenvalue weighted by Gasteiger charge is -2.07. The molecule has 2 rings (SSSR count). The Hall–Kier alpha value is -1.57. The van der Waals surface area contributed by atoms with Crippen molar-refractivity contribution in [3.63, 3.8) is 0 Å². The highest BCUT2D eigenvalue weighted by atomic mass is 35.5. The van der Waals surface area contributed by atoms with E-state index in [0.29, 0.717) is 17.1 Å². The predicted octanol–water partition coefficient (Wildman–Crippen LogP) is 3.59. The van der Waals surface area contributed by atoms with Crippen LogP contribution >= 0.6 is 22.9 Å². The van der Waals surface area contributed by atoms with Gasteiger partial charge in [0.25, 0.3) is 0 Å². The molecule has 2 aromatic rings. The lowest BCUT2D eigenvalue weighted by atomic mass is 10.2. The summed E-state index contributed by atoms with van der Waals surface area (Å²) in [7, 11) is 0. The Morgan fingerprint density at radius 3 is 3.00 bits per heavy atom. The molecule has 1 aromatic carbocycles. The maximum absolute atomic E-state index is 8.82. The fourth-order valence-corrected chi connectivity index (χ4v) is 2.30. The Morgan fingerprint density at radius 2 is 2.35 bits per heavy atom. The molecule has 17 heavy (non-hydrogen) atoms. The molecule has 0 saturated carbocycles. The van der Waals surface area contributed by atoms with Crippen molar-refractivity contribution in [3.05, 3.63) is 44.9 Å². The average Bonchev–Trinajstić information content (AvgIpc) is 2.74. The molecule has 5 heteroatoms. The van der Waals surface area contributed by atoms with Crippen LogP contribution in [-0.2, 0) is 6.54 Å². The van der Waals surface area contributed by atoms with E-state index in [0.717, 1.165) is 11.4 Å². The summed E-state index contributed by atoms with van der Waals surface area (Å²) in [6.07, 6.45) is 0. The van der Waals surface area contributed by atoms with Gasteiger partial charge in [0, 0.05) is 4.88 Å². The first-order chi connectivity index (χ1) is 8.20. The summed E-state index contributed by atoms with van der Waals surface area (Å²) in [5.41, 5.74) is 4.21. The van der Waals surface area contributed by atoms with Gasteiger partial charge in [0.05, 0.1) is 40.1 Å². The van der Waals surface area contributed by atoms with E-state index in [4.69, 9.17) is 16.9 Å². The van der Waals surface area contributed by atoms with E-state index < -0.39 is 0 Å². The molecular formula is C12H10ClN3S. The molecule has 0 aliphatic carbocycles. The van der Waals surface area contributed by atoms with Gasteiger partial charge < -0.3 is 5.32 Å². The zero-order valence-corrected chi connectivity index (χ0v) is 10.8. The van der Waals surface area contributed by atoms with E-state index in [1.165, 1.54) is 4.88 Å². The number of nitriles is 1. The summed E-state index contributed by atoms with van der Waals surface area (Å²) >= 11 is 7.65. The van der Waals surface area contributed by atoms with Crippen molar-refractivity contribution in [3.8, 4) is 6.07 Å². The Balaban J connectivity index is 2.14. The maximum Gasteiger partial charge on any atom is 0.0992 e. The number of hydrogen-bond acceptors (Lipinski definition) is 4. The molecule has 0 saturated heterocycles. The Labute approximate surface area is 109 Å². The van der Waals surface area contributed by atoms with Crippen molar-refractivity contribution in [2.24, 2.45) is 0 Å². The molecule has 1 heterocycles. The normalized spacial score (nSPS) is 9.94. The summed E-state index contributed by atoms with van der Waals surface area (Å²) < 4.78 is 0. The molecule has 0 atom stereocenters. The maximum atomic E-state index is 8.82. The summed E-state index contributed by atoms with van der Waals surface area (Å²) in [4.78, 5) is 5.35. The van der Waals surface area contributed by atoms with Gasteiger partial charge in [-0.15, -0.1) is 11.3 Å². The molecule has 0 bridgehead atoms. The number of hydrogen-bond donors (Lipinski definition) is 1. The van der Waals surface area contributed by atoms with E-state index in [9.17, 15) is 0 Å². The molecule has 0 aliphatic rings. The van der Waals surface area contributed by atoms with Crippen LogP contribution in [-0.4, -0.2) is 4.98 Å². The topological polar surface area (TPSA) is 48.7 Å². The van der Waals surface area contributed by atoms with Gasteiger partial charge in [0.2, 0.25) is 0 Å². The number of rotatable bonds is 3. The van der Waals surface area contributed by atoms with E-state index in [1.54, 1.807) is 29.5 Å². The number of nitrogens with one attached hydrogen (secondary N) is 1. The van der Waals surface area contributed by atoms with Crippen molar-refractivity contribution in [2.75, 3.05) is 5.32 Å². The van der Waals surface area contributed by atoms with E-state index >= 15 is 0 Å². The van der Waals surface area contributed by atoms with Crippen LogP contribution in [0, 0.1) is 18.3 Å². The number of benzene rings is 1. The zero-order valence-electron chi connectivity index (χ0n) is 9.20. The fraction of sp³-hybridized carbons (Fsp3) is 0.167. The van der Waals surface area contributed by atoms with Gasteiger partial charge in [-0.05, 0) is 25.1 Å². The van der Waals surface area contributed by atoms with Crippen LogP contribution < -0.4 is 5.32 Å². The van der Waals surface area contributed by atoms with Gasteiger partial charge in [0.1, 0.15) is 0 Å². The lowest BCUT2D eigenvalue weighted by molar-refractivity contribution is 1.12. The second-order valence-corrected chi connectivity index (χ2v) is 4.87. The number of aryl methyl sites for hydroxylation is 1. The highest BCUT2D eigenvalue weighted by Crippen LogP contribution is 2.24. The molecule has 1 N–H and O–H groups in total. The summed E-state index contributed by atoms with van der Waals surface area (Å²) in [5.74, 6) is 0. The van der Waals surface area contributed by atoms with Gasteiger partial charge in [-0.1, -0.05) is 11.6 Å². The van der Waals surface area contributed by atoms with Crippen molar-refractivity contribution in [1.29, 1.82) is 5.26 Å². The fourth-order valence-electron chi connectivity index (χ4n) is 1.40. The monoisotopic (exact) mass is 263 g/mol. The van der Waals surface area contributed by atoms with Gasteiger partial charge in [-0.2, -0.15) is 5.26 Å². The first-order valence-corrected chi connectivity index (χ1v) is 6.29. The van der Waals surface area contributed by atoms with E-state index in [-0.39, 0.29) is 0 Å². The molecule has 0 unspecified atom stereocenters. The molecule has 1 aromatic heterocycles. The van der Waals surface area contributed by atoms with Gasteiger partial charge in [0.15, 0.2) is 0 Å². The quantitative estimate of drug-likeness (QED) is 0.921. The molecule has 0 spiro atoms. The number of nitrogens with zero attached hydrogens (tertiary/aromatic N) is 2. The van der Waals surface area contributed by atoms with Crippen molar-refractivity contribution in [1.82, 2.24) is 4.98 Å². The first kappa shape index (κ1) is 11.9. The SMILES string of the molecule is Cc1ncsc1CNc1cc(C#N)ccc1Cl. The smallest absolute Gasteiger partial charge is 0.0992 e. The molecule has 0 amide bonds. The number of aromatic nitrogens is 1. The molecule has 3 nitrogen and oxygen atoms in total. The van der Waals surface area contributed by atoms with Crippen molar-refractivity contribution >= 4 is 28.6 Å². The lowest BCUT2D eigenvalue weighted by Crippen LogP contribution is -2.00. The second-order valence-electron chi connectivity index (χ2n) is 3.52. The minimum Gasteiger partial charge on any atom is -0.379 e. The summed E-state index contributed by atoms with van der Waals surface area (Å²) in [6, 6.07) is 7.26. The third-order valence-electron chi connectivity index (χ3n) is 2.38. The molecule has 0 radical (unpaired) electrons. The van der Waals surface area contributed by atoms with Crippen LogP contribution in [0.15, 0.2) is 23.7 Å². The number of anilines is 1. The Morgan fingerprint density at radius 1 is 1.53 bits per heavy atom. The van der Waals surface area contributed by atoms with Gasteiger partial charge in [-0.3, -0.25) is 0 Å². The third-order valence-corrected chi connectivity index (χ3v) is 3.64. The summed E-state index contributed by atoms with van der Waals surface area (Å²) in [5, 5.41) is 12.7. The van der Waals surface area contributed by atoms with E-state index in [1.807, 2.05) is 12.4 Å². The number of thiazole rings is 1. The Bertz CT molecular complexity index is 571. The molecule has 0 fully saturated rings. The van der Waals surface area contributed by atoms with Crippen LogP contribution in [0.25, 0.3) is 0 Å². The van der Waals surface area contributed by atoms with Gasteiger partial charge >= 0.3 is 0 Å². The molecule has 86 valence electrons. The molecular weight excluding hydrogens is 254 g/mol. The largest absolute Gasteiger partial charge is 0.379 e. The van der Waals surface area contributed by atoms with Crippen LogP contribution in [0.4, 0.5) is 5.69 Å². The highest BCUT2D eigenvalue weighted by molar-refractivity contribution is 7.09. The summed E-state index contributed by atoms with van der Waals surface area (Å²) in [6.45, 7) is 2.64. The van der Waals surface area contributed by atoms with Crippen LogP contribution in [0.5, 0.6) is 0 Å². The van der Waals surface area contributed by atoms with Crippen molar-refractivity contribution in [2.45, 2.75) is 13.5 Å². The highest BCUT2D eigenvalue weighted by Gasteiger charge is 2.04. The van der Waals surface area contributed by atoms with Crippen LogP contribution in [0.1, 0.15) is 16.1 Å². The van der Waals surface area contributed by atoms with Crippen LogP contribution in [0.2, 0.25) is 5.02 Å². The number of halogens is 1. The zero-order chi connectivity index (χ0) is 12.3. The predicted molar refractivity (Wildman–Crippen MR) is 70.3 cm³/mol. The second kappa shape index (κ2) is 5.17.